The van der Waals surface area contributed by atoms with Crippen molar-refractivity contribution in [2.24, 2.45) is 5.11 Å². The molecule has 52 heavy (non-hydrogen) atoms. The number of ether oxygens (including phenoxy) is 2. The van der Waals surface area contributed by atoms with Crippen LogP contribution in [0.4, 0.5) is 0 Å². The van der Waals surface area contributed by atoms with Crippen molar-refractivity contribution >= 4 is 19.6 Å². The molecule has 1 aromatic heterocycles. The Balaban J connectivity index is 1.70. The van der Waals surface area contributed by atoms with E-state index < -0.39 is 44.1 Å². The van der Waals surface area contributed by atoms with Gasteiger partial charge < -0.3 is 14.4 Å². The Morgan fingerprint density at radius 2 is 1.56 bits per heavy atom. The molecule has 1 aliphatic rings. The van der Waals surface area contributed by atoms with Gasteiger partial charge in [0, 0.05) is 34.9 Å². The zero-order valence-electron chi connectivity index (χ0n) is 32.4. The van der Waals surface area contributed by atoms with E-state index in [-0.39, 0.29) is 19.1 Å². The van der Waals surface area contributed by atoms with Crippen LogP contribution in [0, 0.1) is 6.92 Å². The highest BCUT2D eigenvalue weighted by Crippen LogP contribution is 2.44. The maximum atomic E-state index is 12.6. The number of nitrogens with one attached hydrogen (secondary N) is 1. The van der Waals surface area contributed by atoms with Crippen molar-refractivity contribution in [2.75, 3.05) is 25.6 Å². The molecule has 0 saturated carbocycles. The maximum absolute atomic E-state index is 12.6. The highest BCUT2D eigenvalue weighted by atomic mass is 32.2. The van der Waals surface area contributed by atoms with E-state index in [4.69, 9.17) is 24.1 Å². The Morgan fingerprint density at radius 1 is 0.962 bits per heavy atom. The van der Waals surface area contributed by atoms with Crippen LogP contribution in [0.2, 0.25) is 0 Å². The Bertz CT molecular complexity index is 1310. The third kappa shape index (κ3) is 19.6. The van der Waals surface area contributed by atoms with Gasteiger partial charge in [0.15, 0.2) is 0 Å². The lowest BCUT2D eigenvalue weighted by atomic mass is 10.1. The molecule has 15 heteroatoms. The molecule has 0 radical (unpaired) electrons. The fourth-order valence-electron chi connectivity index (χ4n) is 6.42. The number of thioether (sulfide) groups is 1. The Morgan fingerprint density at radius 3 is 2.17 bits per heavy atom. The molecule has 1 fully saturated rings. The summed E-state index contributed by atoms with van der Waals surface area (Å²) in [4.78, 5) is 39.4. The Kier molecular flexibility index (Phi) is 24.9. The molecule has 0 spiro atoms. The third-order valence-corrected chi connectivity index (χ3v) is 12.2. The monoisotopic (exact) mass is 773 g/mol. The van der Waals surface area contributed by atoms with Gasteiger partial charge in [0.05, 0.1) is 31.5 Å². The van der Waals surface area contributed by atoms with Crippen LogP contribution in [-0.2, 0) is 23.1 Å². The van der Waals surface area contributed by atoms with E-state index in [1.165, 1.54) is 120 Å². The van der Waals surface area contributed by atoms with Crippen LogP contribution in [-0.4, -0.2) is 63.5 Å². The van der Waals surface area contributed by atoms with Crippen LogP contribution in [0.15, 0.2) is 20.9 Å². The molecular weight excluding hydrogens is 705 g/mol. The summed E-state index contributed by atoms with van der Waals surface area (Å²) < 4.78 is 36.2. The lowest BCUT2D eigenvalue weighted by molar-refractivity contribution is -0.0288. The third-order valence-electron chi connectivity index (χ3n) is 9.63. The van der Waals surface area contributed by atoms with Crippen molar-refractivity contribution in [3.63, 3.8) is 0 Å². The predicted molar refractivity (Wildman–Crippen MR) is 210 cm³/mol. The molecule has 2 rings (SSSR count). The Labute approximate surface area is 315 Å². The fraction of sp³-hybridized carbons (Fsp3) is 0.892. The van der Waals surface area contributed by atoms with Gasteiger partial charge >= 0.3 is 13.5 Å². The predicted octanol–water partition coefficient (Wildman–Crippen LogP) is 9.90. The molecule has 300 valence electrons. The normalized spacial score (nSPS) is 19.7. The first-order valence-corrected chi connectivity index (χ1v) is 22.5. The summed E-state index contributed by atoms with van der Waals surface area (Å²) in [6, 6.07) is -0.763. The van der Waals surface area contributed by atoms with Crippen LogP contribution in [0.25, 0.3) is 10.4 Å². The van der Waals surface area contributed by atoms with Crippen molar-refractivity contribution in [2.45, 2.75) is 186 Å². The van der Waals surface area contributed by atoms with E-state index in [2.05, 4.69) is 35.8 Å². The number of hydrogen-bond donors (Lipinski definition) is 2. The molecular formula is C37H68N5O8PS. The maximum Gasteiger partial charge on any atom is 0.472 e. The summed E-state index contributed by atoms with van der Waals surface area (Å²) in [6.45, 7) is 8.15. The minimum atomic E-state index is -4.44. The zero-order valence-corrected chi connectivity index (χ0v) is 34.1. The summed E-state index contributed by atoms with van der Waals surface area (Å²) in [5, 5.41) is 4.12. The van der Waals surface area contributed by atoms with Crippen LogP contribution in [0.1, 0.15) is 161 Å². The van der Waals surface area contributed by atoms with E-state index >= 15 is 0 Å². The number of phosphoric acid groups is 1. The molecule has 0 aliphatic carbocycles. The molecule has 1 aromatic rings. The van der Waals surface area contributed by atoms with Crippen molar-refractivity contribution in [3.8, 4) is 0 Å². The quantitative estimate of drug-likeness (QED) is 0.0237. The molecule has 2 heterocycles. The van der Waals surface area contributed by atoms with E-state index in [0.717, 1.165) is 12.2 Å². The molecule has 6 atom stereocenters. The Hall–Kier alpha value is -1.63. The van der Waals surface area contributed by atoms with Gasteiger partial charge in [-0.15, -0.1) is 0 Å². The smallest absolute Gasteiger partial charge is 0.377 e. The largest absolute Gasteiger partial charge is 0.472 e. The van der Waals surface area contributed by atoms with Crippen LogP contribution in [0.5, 0.6) is 0 Å². The molecule has 0 aromatic carbocycles. The number of unbranched alkanes of at least 4 members (excludes halogenated alkanes) is 15. The summed E-state index contributed by atoms with van der Waals surface area (Å²) >= 11 is 2.03. The SMILES string of the molecule is CCCCCCCCCCCCCCSC(CCCCCCC)C(C)OCCCOP(=O)(O)OC[C@H]1O[C@@H](n2cc(C)c(=O)[nH]c2=O)C[C@@H]1N=[N+]=[N-]. The van der Waals surface area contributed by atoms with Crippen LogP contribution < -0.4 is 11.2 Å². The van der Waals surface area contributed by atoms with E-state index in [1.807, 2.05) is 11.8 Å². The minimum absolute atomic E-state index is 0.0336. The van der Waals surface area contributed by atoms with Crippen molar-refractivity contribution < 1.29 is 28.0 Å². The summed E-state index contributed by atoms with van der Waals surface area (Å²) in [6.07, 6.45) is 23.8. The number of phosphoric ester groups is 1. The summed E-state index contributed by atoms with van der Waals surface area (Å²) in [7, 11) is -4.44. The topological polar surface area (TPSA) is 178 Å². The van der Waals surface area contributed by atoms with E-state index in [9.17, 15) is 19.0 Å². The molecule has 3 unspecified atom stereocenters. The number of nitrogens with zero attached hydrogens (tertiary/aromatic N) is 4. The van der Waals surface area contributed by atoms with E-state index in [0.29, 0.717) is 23.8 Å². The van der Waals surface area contributed by atoms with Gasteiger partial charge in [-0.3, -0.25) is 23.4 Å². The van der Waals surface area contributed by atoms with Crippen LogP contribution >= 0.6 is 19.6 Å². The summed E-state index contributed by atoms with van der Waals surface area (Å²) in [5.74, 6) is 1.14. The lowest BCUT2D eigenvalue weighted by Crippen LogP contribution is -2.33. The number of hydrogen-bond acceptors (Lipinski definition) is 9. The number of rotatable bonds is 32. The second kappa shape index (κ2) is 27.9. The van der Waals surface area contributed by atoms with Gasteiger partial charge in [-0.25, -0.2) is 9.36 Å². The summed E-state index contributed by atoms with van der Waals surface area (Å²) in [5.41, 5.74) is 8.13. The standard InChI is InChI=1S/C37H68N5O8PS/c1-5-7-9-11-12-13-14-15-16-17-19-21-26-52-34(23-20-18-10-8-6-2)31(4)47-24-22-25-48-51(45,46)49-29-33-32(40-41-38)27-35(50-33)42-28-30(3)36(43)39-37(42)44/h28,31-35H,5-27,29H2,1-4H3,(H,45,46)(H,39,43,44)/t31?,32-,33+,34?,35+/m0/s1. The number of aromatic nitrogens is 2. The molecule has 13 nitrogen and oxygen atoms in total. The molecule has 2 N–H and O–H groups in total. The number of azide groups is 1. The first-order chi connectivity index (χ1) is 25.1. The van der Waals surface area contributed by atoms with Crippen molar-refractivity contribution in [3.05, 3.63) is 43.0 Å². The van der Waals surface area contributed by atoms with Gasteiger partial charge in [0.2, 0.25) is 0 Å². The van der Waals surface area contributed by atoms with Gasteiger partial charge in [-0.1, -0.05) is 122 Å². The molecule has 1 aliphatic heterocycles. The second-order valence-electron chi connectivity index (χ2n) is 14.1. The van der Waals surface area contributed by atoms with Gasteiger partial charge in [0.1, 0.15) is 6.23 Å². The minimum Gasteiger partial charge on any atom is -0.377 e. The zero-order chi connectivity index (χ0) is 38.0. The second-order valence-corrected chi connectivity index (χ2v) is 16.9. The first kappa shape index (κ1) is 46.5. The lowest BCUT2D eigenvalue weighted by Gasteiger charge is -2.24. The molecule has 0 amide bonds. The van der Waals surface area contributed by atoms with Crippen LogP contribution in [0.3, 0.4) is 0 Å². The average Bonchev–Trinajstić information content (AvgIpc) is 3.52. The highest BCUT2D eigenvalue weighted by Gasteiger charge is 2.38. The van der Waals surface area contributed by atoms with Gasteiger partial charge in [-0.05, 0) is 44.4 Å². The highest BCUT2D eigenvalue weighted by molar-refractivity contribution is 7.99. The van der Waals surface area contributed by atoms with Crippen molar-refractivity contribution in [1.29, 1.82) is 0 Å². The van der Waals surface area contributed by atoms with Gasteiger partial charge in [-0.2, -0.15) is 11.8 Å². The number of H-pyrrole nitrogens is 1. The van der Waals surface area contributed by atoms with E-state index in [1.54, 1.807) is 6.92 Å². The molecule has 0 bridgehead atoms. The number of aryl methyl sites for hydroxylation is 1. The average molecular weight is 774 g/mol. The van der Waals surface area contributed by atoms with Gasteiger partial charge in [0.25, 0.3) is 5.56 Å². The first-order valence-electron chi connectivity index (χ1n) is 20.0. The fourth-order valence-corrected chi connectivity index (χ4v) is 8.55. The molecule has 1 saturated heterocycles. The van der Waals surface area contributed by atoms with Crippen molar-refractivity contribution in [1.82, 2.24) is 9.55 Å². The number of aromatic amines is 1.